The summed E-state index contributed by atoms with van der Waals surface area (Å²) in [5.41, 5.74) is 2.86. The van der Waals surface area contributed by atoms with Crippen LogP contribution in [0, 0.1) is 5.92 Å². The number of aromatic nitrogens is 1. The quantitative estimate of drug-likeness (QED) is 0.0568. The van der Waals surface area contributed by atoms with Crippen molar-refractivity contribution in [2.75, 3.05) is 39.3 Å². The SMILES string of the molecule is O=C(CC(c1ccccc1)c1cc(Br)cc(OCCCCCCCCCNC[C@H](O)c2ccc(O)c3[nH]c(=O)ccc23)c1)O[C@H]1CN2CCC1CC2. The zero-order chi connectivity index (χ0) is 36.3. The van der Waals surface area contributed by atoms with Crippen LogP contribution in [0.1, 0.15) is 92.9 Å². The van der Waals surface area contributed by atoms with E-state index in [4.69, 9.17) is 9.47 Å². The molecule has 278 valence electrons. The van der Waals surface area contributed by atoms with Crippen molar-refractivity contribution in [2.24, 2.45) is 5.92 Å². The summed E-state index contributed by atoms with van der Waals surface area (Å²) in [6.07, 6.45) is 9.54. The molecule has 3 aliphatic heterocycles. The van der Waals surface area contributed by atoms with Crippen LogP contribution in [-0.2, 0) is 9.53 Å². The van der Waals surface area contributed by atoms with Crippen LogP contribution in [0.2, 0.25) is 0 Å². The lowest BCUT2D eigenvalue weighted by Crippen LogP contribution is -2.52. The van der Waals surface area contributed by atoms with Gasteiger partial charge in [-0.2, -0.15) is 0 Å². The number of ether oxygens (including phenoxy) is 2. The number of benzene rings is 3. The van der Waals surface area contributed by atoms with Gasteiger partial charge in [0.15, 0.2) is 0 Å². The minimum atomic E-state index is -0.742. The molecular weight excluding hydrogens is 722 g/mol. The van der Waals surface area contributed by atoms with E-state index >= 15 is 0 Å². The topological polar surface area (TPSA) is 124 Å². The minimum Gasteiger partial charge on any atom is -0.506 e. The molecule has 7 rings (SSSR count). The lowest BCUT2D eigenvalue weighted by atomic mass is 9.85. The number of aromatic hydroxyl groups is 1. The van der Waals surface area contributed by atoms with Crippen molar-refractivity contribution >= 4 is 32.8 Å². The number of nitrogens with zero attached hydrogens (tertiary/aromatic N) is 1. The number of pyridine rings is 1. The van der Waals surface area contributed by atoms with E-state index in [0.29, 0.717) is 42.0 Å². The van der Waals surface area contributed by atoms with Gasteiger partial charge in [0, 0.05) is 34.9 Å². The summed E-state index contributed by atoms with van der Waals surface area (Å²) >= 11 is 3.69. The number of piperidine rings is 3. The smallest absolute Gasteiger partial charge is 0.307 e. The second-order valence-electron chi connectivity index (χ2n) is 14.4. The Kier molecular flexibility index (Phi) is 13.8. The predicted octanol–water partition coefficient (Wildman–Crippen LogP) is 7.59. The number of halogens is 1. The average molecular weight is 775 g/mol. The number of phenolic OH excluding ortho intramolecular Hbond substituents is 1. The molecule has 3 atom stereocenters. The van der Waals surface area contributed by atoms with Gasteiger partial charge >= 0.3 is 5.97 Å². The molecule has 4 aromatic rings. The van der Waals surface area contributed by atoms with Gasteiger partial charge in [0.1, 0.15) is 17.6 Å². The number of carbonyl (C=O) groups excluding carboxylic acids is 1. The third kappa shape index (κ3) is 10.5. The first-order chi connectivity index (χ1) is 25.3. The monoisotopic (exact) mass is 773 g/mol. The Balaban J connectivity index is 0.879. The van der Waals surface area contributed by atoms with Crippen LogP contribution in [0.5, 0.6) is 11.5 Å². The van der Waals surface area contributed by atoms with Gasteiger partial charge in [-0.05, 0) is 98.3 Å². The van der Waals surface area contributed by atoms with Gasteiger partial charge < -0.3 is 30.0 Å². The highest BCUT2D eigenvalue weighted by Gasteiger charge is 2.37. The zero-order valence-corrected chi connectivity index (χ0v) is 31.5. The maximum absolute atomic E-state index is 13.3. The molecular formula is C42H52BrN3O6. The number of unbranched alkanes of at least 4 members (excludes halogenated alkanes) is 6. The van der Waals surface area contributed by atoms with E-state index in [-0.39, 0.29) is 29.3 Å². The second-order valence-corrected chi connectivity index (χ2v) is 15.3. The van der Waals surface area contributed by atoms with E-state index in [9.17, 15) is 19.8 Å². The number of fused-ring (bicyclic) bond motifs is 4. The van der Waals surface area contributed by atoms with Crippen LogP contribution < -0.4 is 15.6 Å². The molecule has 0 saturated carbocycles. The molecule has 4 N–H and O–H groups in total. The Hall–Kier alpha value is -3.70. The molecule has 0 spiro atoms. The molecule has 52 heavy (non-hydrogen) atoms. The number of aliphatic hydroxyl groups excluding tert-OH is 1. The van der Waals surface area contributed by atoms with E-state index in [0.717, 1.165) is 92.5 Å². The van der Waals surface area contributed by atoms with Gasteiger partial charge in [0.25, 0.3) is 0 Å². The summed E-state index contributed by atoms with van der Waals surface area (Å²) in [5, 5.41) is 24.8. The third-order valence-corrected chi connectivity index (χ3v) is 11.1. The Bertz CT molecular complexity index is 1810. The summed E-state index contributed by atoms with van der Waals surface area (Å²) in [4.78, 5) is 30.0. The van der Waals surface area contributed by atoms with Gasteiger partial charge in [-0.3, -0.25) is 14.5 Å². The standard InChI is InChI=1S/C42H52BrN3O6/c43-32-23-31(36(29-11-7-6-8-12-29)26-41(50)52-39-28-46-20-17-30(39)18-21-46)24-33(25-32)51-22-10-5-3-1-2-4-9-19-44-27-38(48)34-13-15-37(47)42-35(34)14-16-40(49)45-42/h6-8,11-16,23-25,30,36,38-39,44,47-48H,1-5,9-10,17-22,26-28H2,(H,45,49)/t36?,38-,39-/m0/s1. The van der Waals surface area contributed by atoms with Gasteiger partial charge in [-0.1, -0.05) is 84.4 Å². The first-order valence-corrected chi connectivity index (χ1v) is 19.8. The lowest BCUT2D eigenvalue weighted by Gasteiger charge is -2.44. The maximum atomic E-state index is 13.3. The van der Waals surface area contributed by atoms with E-state index in [1.165, 1.54) is 25.0 Å². The fraction of sp³-hybridized carbons (Fsp3) is 0.476. The summed E-state index contributed by atoms with van der Waals surface area (Å²) in [6.45, 7) is 4.96. The van der Waals surface area contributed by atoms with Crippen molar-refractivity contribution < 1.29 is 24.5 Å². The number of aliphatic hydroxyl groups is 1. The Labute approximate surface area is 314 Å². The first kappa shape index (κ1) is 38.0. The molecule has 1 unspecified atom stereocenters. The summed E-state index contributed by atoms with van der Waals surface area (Å²) in [6, 6.07) is 22.6. The number of hydrogen-bond acceptors (Lipinski definition) is 8. The van der Waals surface area contributed by atoms with Gasteiger partial charge in [0.05, 0.1) is 24.6 Å². The minimum absolute atomic E-state index is 0.00563. The number of H-pyrrole nitrogens is 1. The van der Waals surface area contributed by atoms with Crippen molar-refractivity contribution in [2.45, 2.75) is 82.3 Å². The van der Waals surface area contributed by atoms with Crippen molar-refractivity contribution in [3.05, 3.63) is 104 Å². The van der Waals surface area contributed by atoms with Crippen LogP contribution in [0.3, 0.4) is 0 Å². The molecule has 0 amide bonds. The van der Waals surface area contributed by atoms with Crippen molar-refractivity contribution in [3.63, 3.8) is 0 Å². The largest absolute Gasteiger partial charge is 0.506 e. The molecule has 0 radical (unpaired) electrons. The molecule has 10 heteroatoms. The predicted molar refractivity (Wildman–Crippen MR) is 208 cm³/mol. The molecule has 3 aromatic carbocycles. The second kappa shape index (κ2) is 18.9. The Morgan fingerprint density at radius 1 is 0.923 bits per heavy atom. The summed E-state index contributed by atoms with van der Waals surface area (Å²) in [7, 11) is 0. The number of hydrogen-bond donors (Lipinski definition) is 4. The van der Waals surface area contributed by atoms with Crippen LogP contribution >= 0.6 is 15.9 Å². The summed E-state index contributed by atoms with van der Waals surface area (Å²) in [5.74, 6) is 1.03. The average Bonchev–Trinajstić information content (AvgIpc) is 3.15. The molecule has 0 aliphatic carbocycles. The van der Waals surface area contributed by atoms with E-state index in [1.54, 1.807) is 12.1 Å². The van der Waals surface area contributed by atoms with Gasteiger partial charge in [-0.25, -0.2) is 0 Å². The normalized spacial score (nSPS) is 19.4. The van der Waals surface area contributed by atoms with E-state index in [2.05, 4.69) is 55.4 Å². The fourth-order valence-electron chi connectivity index (χ4n) is 7.73. The van der Waals surface area contributed by atoms with Crippen molar-refractivity contribution in [3.8, 4) is 11.5 Å². The highest BCUT2D eigenvalue weighted by atomic mass is 79.9. The molecule has 3 saturated heterocycles. The number of phenols is 1. The number of rotatable bonds is 19. The van der Waals surface area contributed by atoms with Crippen LogP contribution in [0.15, 0.2) is 82.1 Å². The Morgan fingerprint density at radius 3 is 2.42 bits per heavy atom. The maximum Gasteiger partial charge on any atom is 0.307 e. The van der Waals surface area contributed by atoms with Gasteiger partial charge in [0.2, 0.25) is 5.56 Å². The fourth-order valence-corrected chi connectivity index (χ4v) is 8.22. The highest BCUT2D eigenvalue weighted by Crippen LogP contribution is 2.35. The van der Waals surface area contributed by atoms with E-state index in [1.807, 2.05) is 24.3 Å². The third-order valence-electron chi connectivity index (χ3n) is 10.6. The number of carbonyl (C=O) groups is 1. The van der Waals surface area contributed by atoms with Crippen LogP contribution in [-0.4, -0.2) is 71.5 Å². The van der Waals surface area contributed by atoms with Crippen LogP contribution in [0.25, 0.3) is 10.9 Å². The first-order valence-electron chi connectivity index (χ1n) is 19.0. The Morgan fingerprint density at radius 2 is 1.67 bits per heavy atom. The molecule has 3 aliphatic rings. The lowest BCUT2D eigenvalue weighted by molar-refractivity contribution is -0.159. The van der Waals surface area contributed by atoms with Crippen molar-refractivity contribution in [1.29, 1.82) is 0 Å². The molecule has 3 fully saturated rings. The number of esters is 1. The molecule has 4 heterocycles. The summed E-state index contributed by atoms with van der Waals surface area (Å²) < 4.78 is 13.2. The molecule has 2 bridgehead atoms. The van der Waals surface area contributed by atoms with Crippen LogP contribution in [0.4, 0.5) is 0 Å². The zero-order valence-electron chi connectivity index (χ0n) is 29.9. The van der Waals surface area contributed by atoms with Gasteiger partial charge in [-0.15, -0.1) is 0 Å². The van der Waals surface area contributed by atoms with Crippen molar-refractivity contribution in [1.82, 2.24) is 15.2 Å². The highest BCUT2D eigenvalue weighted by molar-refractivity contribution is 9.10. The number of nitrogens with one attached hydrogen (secondary N) is 2. The molecule has 1 aromatic heterocycles. The van der Waals surface area contributed by atoms with E-state index < -0.39 is 6.10 Å². The molecule has 9 nitrogen and oxygen atoms in total. The number of aromatic amines is 1.